The Kier molecular flexibility index (Phi) is 5.86. The van der Waals surface area contributed by atoms with Gasteiger partial charge in [-0.2, -0.15) is 0 Å². The molecule has 1 aromatic heterocycles. The Labute approximate surface area is 204 Å². The van der Waals surface area contributed by atoms with E-state index in [9.17, 15) is 22.8 Å². The zero-order valence-electron chi connectivity index (χ0n) is 19.5. The molecule has 2 atom stereocenters. The number of hydrogen-bond acceptors (Lipinski definition) is 5. The lowest BCUT2D eigenvalue weighted by molar-refractivity contribution is -0.275. The first-order valence-corrected chi connectivity index (χ1v) is 11.4. The molecule has 0 radical (unpaired) electrons. The molecule has 9 heteroatoms. The first kappa shape index (κ1) is 23.7. The molecule has 0 saturated heterocycles. The highest BCUT2D eigenvalue weighted by Crippen LogP contribution is 2.48. The number of aromatic nitrogens is 1. The van der Waals surface area contributed by atoms with Crippen molar-refractivity contribution in [3.8, 4) is 5.75 Å². The molecule has 2 aromatic carbocycles. The number of H-pyrrole nitrogens is 1. The molecule has 2 aliphatic rings. The molecule has 3 aromatic rings. The Morgan fingerprint density at radius 3 is 2.53 bits per heavy atom. The van der Waals surface area contributed by atoms with Gasteiger partial charge in [0.05, 0.1) is 12.7 Å². The monoisotopic (exact) mass is 496 g/mol. The summed E-state index contributed by atoms with van der Waals surface area (Å²) in [6, 6.07) is 13.4. The fourth-order valence-electron chi connectivity index (χ4n) is 5.35. The maximum absolute atomic E-state index is 13.7. The highest BCUT2D eigenvalue weighted by molar-refractivity contribution is 6.05. The number of carbonyl (C=O) groups is 2. The van der Waals surface area contributed by atoms with Crippen LogP contribution in [0.5, 0.6) is 5.75 Å². The Bertz CT molecular complexity index is 1430. The van der Waals surface area contributed by atoms with Crippen LogP contribution in [0.1, 0.15) is 42.7 Å². The molecule has 186 valence electrons. The van der Waals surface area contributed by atoms with Gasteiger partial charge in [-0.25, -0.2) is 4.79 Å². The number of ether oxygens (including phenoxy) is 2. The predicted octanol–water partition coefficient (Wildman–Crippen LogP) is 5.60. The number of halogens is 3. The molecule has 2 N–H and O–H groups in total. The van der Waals surface area contributed by atoms with E-state index in [2.05, 4.69) is 15.0 Å². The van der Waals surface area contributed by atoms with Gasteiger partial charge < -0.3 is 19.8 Å². The molecule has 2 heterocycles. The second-order valence-electron chi connectivity index (χ2n) is 8.88. The molecule has 36 heavy (non-hydrogen) atoms. The van der Waals surface area contributed by atoms with E-state index in [1.165, 1.54) is 19.2 Å². The van der Waals surface area contributed by atoms with E-state index < -0.39 is 24.2 Å². The number of fused-ring (bicyclic) bond motifs is 1. The SMILES string of the molecule is COC(=O)C1=C(C)NC2=C(C(=O)CC(c3ccccc3OC(F)(F)F)C2)C1c1cccc2[nH]ccc12. The van der Waals surface area contributed by atoms with Crippen LogP contribution < -0.4 is 10.1 Å². The number of dihydropyridines is 1. The molecule has 0 fully saturated rings. The molecule has 1 aliphatic heterocycles. The van der Waals surface area contributed by atoms with Crippen molar-refractivity contribution < 1.29 is 32.2 Å². The number of benzene rings is 2. The fourth-order valence-corrected chi connectivity index (χ4v) is 5.35. The van der Waals surface area contributed by atoms with Gasteiger partial charge in [-0.3, -0.25) is 4.79 Å². The molecular weight excluding hydrogens is 473 g/mol. The molecule has 5 rings (SSSR count). The van der Waals surface area contributed by atoms with E-state index in [1.807, 2.05) is 24.3 Å². The second kappa shape index (κ2) is 8.89. The van der Waals surface area contributed by atoms with Crippen molar-refractivity contribution in [1.29, 1.82) is 0 Å². The highest BCUT2D eigenvalue weighted by atomic mass is 19.4. The lowest BCUT2D eigenvalue weighted by Gasteiger charge is -2.37. The minimum Gasteiger partial charge on any atom is -0.466 e. The van der Waals surface area contributed by atoms with Crippen molar-refractivity contribution in [2.75, 3.05) is 7.11 Å². The van der Waals surface area contributed by atoms with Gasteiger partial charge in [0, 0.05) is 52.3 Å². The van der Waals surface area contributed by atoms with E-state index in [-0.39, 0.29) is 24.4 Å². The number of Topliss-reactive ketones (excluding diaryl/α,β-unsaturated/α-hetero) is 1. The minimum absolute atomic E-state index is 0.0220. The lowest BCUT2D eigenvalue weighted by atomic mass is 9.71. The van der Waals surface area contributed by atoms with Crippen LogP contribution in [-0.4, -0.2) is 30.2 Å². The predicted molar refractivity (Wildman–Crippen MR) is 126 cm³/mol. The number of allylic oxidation sites excluding steroid dienone is 3. The molecule has 0 bridgehead atoms. The summed E-state index contributed by atoms with van der Waals surface area (Å²) >= 11 is 0. The number of ketones is 1. The van der Waals surface area contributed by atoms with E-state index in [4.69, 9.17) is 4.74 Å². The smallest absolute Gasteiger partial charge is 0.466 e. The number of carbonyl (C=O) groups excluding carboxylic acids is 2. The normalized spacial score (nSPS) is 20.3. The van der Waals surface area contributed by atoms with E-state index >= 15 is 0 Å². The van der Waals surface area contributed by atoms with Gasteiger partial charge in [0.1, 0.15) is 5.75 Å². The van der Waals surface area contributed by atoms with Crippen LogP contribution in [0.4, 0.5) is 13.2 Å². The molecule has 6 nitrogen and oxygen atoms in total. The summed E-state index contributed by atoms with van der Waals surface area (Å²) in [5, 5.41) is 4.05. The standard InChI is InChI=1S/C27H23F3N2O4/c1-14-23(26(34)35-2)24(18-7-5-8-19-17(18)10-11-31-19)25-20(32-14)12-15(13-21(25)33)16-6-3-4-9-22(16)36-27(28,29)30/h3-11,15,24,31-32H,12-13H2,1-2H3. The first-order valence-electron chi connectivity index (χ1n) is 11.4. The topological polar surface area (TPSA) is 80.4 Å². The van der Waals surface area contributed by atoms with Crippen molar-refractivity contribution in [3.05, 3.63) is 88.4 Å². The maximum atomic E-state index is 13.7. The molecule has 0 spiro atoms. The van der Waals surface area contributed by atoms with Crippen molar-refractivity contribution in [2.45, 2.75) is 38.0 Å². The van der Waals surface area contributed by atoms with Gasteiger partial charge in [0.2, 0.25) is 0 Å². The third-order valence-electron chi connectivity index (χ3n) is 6.76. The van der Waals surface area contributed by atoms with Gasteiger partial charge in [-0.05, 0) is 42.7 Å². The summed E-state index contributed by atoms with van der Waals surface area (Å²) < 4.78 is 48.4. The van der Waals surface area contributed by atoms with Crippen molar-refractivity contribution in [2.24, 2.45) is 0 Å². The number of para-hydroxylation sites is 1. The highest BCUT2D eigenvalue weighted by Gasteiger charge is 2.42. The van der Waals surface area contributed by atoms with Crippen LogP contribution in [0.15, 0.2) is 77.3 Å². The Morgan fingerprint density at radius 2 is 1.78 bits per heavy atom. The van der Waals surface area contributed by atoms with Crippen LogP contribution in [0.2, 0.25) is 0 Å². The average Bonchev–Trinajstić information content (AvgIpc) is 3.31. The molecule has 1 aliphatic carbocycles. The van der Waals surface area contributed by atoms with Crippen molar-refractivity contribution in [3.63, 3.8) is 0 Å². The third kappa shape index (κ3) is 4.14. The number of nitrogens with one attached hydrogen (secondary N) is 2. The summed E-state index contributed by atoms with van der Waals surface area (Å²) in [5.41, 5.74) is 3.82. The summed E-state index contributed by atoms with van der Waals surface area (Å²) in [5.74, 6) is -2.33. The van der Waals surface area contributed by atoms with E-state index in [0.717, 1.165) is 16.5 Å². The van der Waals surface area contributed by atoms with Crippen LogP contribution >= 0.6 is 0 Å². The Hall–Kier alpha value is -4.01. The van der Waals surface area contributed by atoms with E-state index in [0.29, 0.717) is 28.1 Å². The van der Waals surface area contributed by atoms with Gasteiger partial charge in [0.15, 0.2) is 5.78 Å². The average molecular weight is 496 g/mol. The number of rotatable bonds is 4. The third-order valence-corrected chi connectivity index (χ3v) is 6.76. The van der Waals surface area contributed by atoms with Gasteiger partial charge >= 0.3 is 12.3 Å². The summed E-state index contributed by atoms with van der Waals surface area (Å²) in [6.45, 7) is 1.73. The Morgan fingerprint density at radius 1 is 1.03 bits per heavy atom. The quantitative estimate of drug-likeness (QED) is 0.460. The van der Waals surface area contributed by atoms with Gasteiger partial charge in [0.25, 0.3) is 0 Å². The zero-order chi connectivity index (χ0) is 25.6. The largest absolute Gasteiger partial charge is 0.573 e. The number of hydrogen-bond donors (Lipinski definition) is 2. The fraction of sp³-hybridized carbons (Fsp3) is 0.259. The molecule has 0 amide bonds. The summed E-state index contributed by atoms with van der Waals surface area (Å²) in [6.07, 6.45) is -2.80. The number of methoxy groups -OCH3 is 1. The van der Waals surface area contributed by atoms with Gasteiger partial charge in [-0.15, -0.1) is 13.2 Å². The number of esters is 1. The summed E-state index contributed by atoms with van der Waals surface area (Å²) in [4.78, 5) is 29.7. The van der Waals surface area contributed by atoms with Crippen LogP contribution in [0.3, 0.4) is 0 Å². The second-order valence-corrected chi connectivity index (χ2v) is 8.88. The lowest BCUT2D eigenvalue weighted by Crippen LogP contribution is -2.36. The van der Waals surface area contributed by atoms with Crippen LogP contribution in [-0.2, 0) is 14.3 Å². The van der Waals surface area contributed by atoms with Crippen LogP contribution in [0, 0.1) is 0 Å². The Balaban J connectivity index is 1.62. The minimum atomic E-state index is -4.85. The molecular formula is C27H23F3N2O4. The van der Waals surface area contributed by atoms with Crippen LogP contribution in [0.25, 0.3) is 10.9 Å². The summed E-state index contributed by atoms with van der Waals surface area (Å²) in [7, 11) is 1.29. The van der Waals surface area contributed by atoms with Crippen molar-refractivity contribution >= 4 is 22.7 Å². The van der Waals surface area contributed by atoms with Crippen molar-refractivity contribution in [1.82, 2.24) is 10.3 Å². The maximum Gasteiger partial charge on any atom is 0.573 e. The first-order chi connectivity index (χ1) is 17.2. The molecule has 0 saturated carbocycles. The molecule has 2 unspecified atom stereocenters. The number of aromatic amines is 1. The van der Waals surface area contributed by atoms with Gasteiger partial charge in [-0.1, -0.05) is 30.3 Å². The van der Waals surface area contributed by atoms with E-state index in [1.54, 1.807) is 25.3 Å². The zero-order valence-corrected chi connectivity index (χ0v) is 19.5. The number of alkyl halides is 3.